The van der Waals surface area contributed by atoms with Gasteiger partial charge in [0.15, 0.2) is 0 Å². The highest BCUT2D eigenvalue weighted by molar-refractivity contribution is 5.97. The van der Waals surface area contributed by atoms with Gasteiger partial charge >= 0.3 is 0 Å². The molecule has 3 rings (SSSR count). The monoisotopic (exact) mass is 391 g/mol. The fourth-order valence-corrected chi connectivity index (χ4v) is 3.56. The minimum atomic E-state index is -0.289. The highest BCUT2D eigenvalue weighted by atomic mass is 16.2. The average Bonchev–Trinajstić information content (AvgIpc) is 2.69. The summed E-state index contributed by atoms with van der Waals surface area (Å²) in [5.74, 6) is 0.447. The summed E-state index contributed by atoms with van der Waals surface area (Å²) in [4.78, 5) is 33.0. The van der Waals surface area contributed by atoms with E-state index in [1.807, 2.05) is 42.5 Å². The third-order valence-corrected chi connectivity index (χ3v) is 4.72. The van der Waals surface area contributed by atoms with Crippen LogP contribution in [0.25, 0.3) is 11.0 Å². The molecule has 0 aliphatic carbocycles. The molecule has 0 bridgehead atoms. The van der Waals surface area contributed by atoms with Gasteiger partial charge in [-0.15, -0.1) is 0 Å². The van der Waals surface area contributed by atoms with E-state index in [9.17, 15) is 9.59 Å². The molecule has 0 spiro atoms. The number of carbonyl (C=O) groups is 1. The van der Waals surface area contributed by atoms with Gasteiger partial charge in [-0.3, -0.25) is 14.2 Å². The van der Waals surface area contributed by atoms with Crippen molar-refractivity contribution in [1.29, 1.82) is 0 Å². The zero-order valence-electron chi connectivity index (χ0n) is 17.6. The van der Waals surface area contributed by atoms with Crippen molar-refractivity contribution in [3.8, 4) is 0 Å². The third-order valence-electron chi connectivity index (χ3n) is 4.72. The number of benzene rings is 1. The summed E-state index contributed by atoms with van der Waals surface area (Å²) in [6.45, 7) is 9.96. The van der Waals surface area contributed by atoms with E-state index in [0.29, 0.717) is 37.1 Å². The lowest BCUT2D eigenvalue weighted by atomic mass is 10.1. The highest BCUT2D eigenvalue weighted by Crippen LogP contribution is 2.15. The van der Waals surface area contributed by atoms with E-state index in [-0.39, 0.29) is 17.0 Å². The van der Waals surface area contributed by atoms with Crippen molar-refractivity contribution < 1.29 is 4.79 Å². The molecule has 0 aliphatic rings. The van der Waals surface area contributed by atoms with Crippen molar-refractivity contribution in [3.63, 3.8) is 0 Å². The summed E-state index contributed by atoms with van der Waals surface area (Å²) in [5.41, 5.74) is 1.51. The molecule has 3 aromatic rings. The Kier molecular flexibility index (Phi) is 6.47. The third kappa shape index (κ3) is 4.91. The summed E-state index contributed by atoms with van der Waals surface area (Å²) >= 11 is 0. The highest BCUT2D eigenvalue weighted by Gasteiger charge is 2.23. The van der Waals surface area contributed by atoms with Crippen LogP contribution < -0.4 is 5.56 Å². The van der Waals surface area contributed by atoms with Crippen LogP contribution in [-0.4, -0.2) is 33.4 Å². The van der Waals surface area contributed by atoms with E-state index in [1.165, 1.54) is 0 Å². The van der Waals surface area contributed by atoms with Crippen molar-refractivity contribution >= 4 is 16.9 Å². The van der Waals surface area contributed by atoms with Crippen molar-refractivity contribution in [1.82, 2.24) is 14.5 Å². The first-order valence-electron chi connectivity index (χ1n) is 10.2. The van der Waals surface area contributed by atoms with Gasteiger partial charge in [0.2, 0.25) is 0 Å². The van der Waals surface area contributed by atoms with Crippen molar-refractivity contribution in [2.24, 2.45) is 11.8 Å². The van der Waals surface area contributed by atoms with Gasteiger partial charge in [0.1, 0.15) is 11.2 Å². The van der Waals surface area contributed by atoms with Gasteiger partial charge in [0, 0.05) is 24.7 Å². The van der Waals surface area contributed by atoms with Crippen LogP contribution in [0.1, 0.15) is 43.6 Å². The summed E-state index contributed by atoms with van der Waals surface area (Å²) in [6.07, 6.45) is 1.68. The topological polar surface area (TPSA) is 55.2 Å². The molecule has 0 aliphatic heterocycles. The van der Waals surface area contributed by atoms with Crippen LogP contribution in [0.2, 0.25) is 0 Å². The molecule has 0 unspecified atom stereocenters. The smallest absolute Gasteiger partial charge is 0.265 e. The van der Waals surface area contributed by atoms with E-state index in [4.69, 9.17) is 0 Å². The van der Waals surface area contributed by atoms with Crippen LogP contribution in [-0.2, 0) is 6.54 Å². The maximum atomic E-state index is 13.4. The van der Waals surface area contributed by atoms with Crippen molar-refractivity contribution in [2.45, 2.75) is 34.2 Å². The quantitative estimate of drug-likeness (QED) is 0.607. The number of carbonyl (C=O) groups excluding carboxylic acids is 1. The van der Waals surface area contributed by atoms with Crippen LogP contribution in [0, 0.1) is 11.8 Å². The molecule has 5 nitrogen and oxygen atoms in total. The minimum Gasteiger partial charge on any atom is -0.338 e. The Hall–Kier alpha value is -2.95. The number of rotatable bonds is 7. The zero-order valence-corrected chi connectivity index (χ0v) is 17.6. The lowest BCUT2D eigenvalue weighted by Gasteiger charge is -2.26. The lowest BCUT2D eigenvalue weighted by molar-refractivity contribution is 0.0713. The molecule has 2 heterocycles. The van der Waals surface area contributed by atoms with Gasteiger partial charge in [-0.1, -0.05) is 58.0 Å². The Balaban J connectivity index is 2.11. The molecule has 0 atom stereocenters. The maximum absolute atomic E-state index is 13.4. The van der Waals surface area contributed by atoms with Crippen LogP contribution in [0.5, 0.6) is 0 Å². The first kappa shape index (κ1) is 20.8. The molecule has 0 fully saturated rings. The second-order valence-corrected chi connectivity index (χ2v) is 8.35. The Morgan fingerprint density at radius 2 is 1.66 bits per heavy atom. The normalized spacial score (nSPS) is 11.4. The molecule has 0 saturated heterocycles. The number of pyridine rings is 2. The first-order valence-corrected chi connectivity index (χ1v) is 10.2. The standard InChI is InChI=1S/C24H29N3O2/c1-17(2)14-26(15-18(3)4)23(28)21-13-20-11-8-12-25-22(20)27(24(21)29)16-19-9-6-5-7-10-19/h5-13,17-18H,14-16H2,1-4H3. The molecule has 0 N–H and O–H groups in total. The molecule has 0 saturated carbocycles. The fraction of sp³-hybridized carbons (Fsp3) is 0.375. The van der Waals surface area contributed by atoms with Crippen molar-refractivity contribution in [3.05, 3.63) is 76.2 Å². The average molecular weight is 392 g/mol. The molecule has 0 radical (unpaired) electrons. The lowest BCUT2D eigenvalue weighted by Crippen LogP contribution is -2.40. The summed E-state index contributed by atoms with van der Waals surface area (Å²) in [7, 11) is 0. The molecule has 29 heavy (non-hydrogen) atoms. The number of hydrogen-bond donors (Lipinski definition) is 0. The van der Waals surface area contributed by atoms with Gasteiger partial charge in [-0.05, 0) is 35.6 Å². The Bertz CT molecular complexity index is 1030. The van der Waals surface area contributed by atoms with E-state index >= 15 is 0 Å². The van der Waals surface area contributed by atoms with Gasteiger partial charge in [-0.2, -0.15) is 0 Å². The molecule has 1 amide bonds. The number of nitrogens with zero attached hydrogens (tertiary/aromatic N) is 3. The Morgan fingerprint density at radius 3 is 2.28 bits per heavy atom. The molecule has 152 valence electrons. The van der Waals surface area contributed by atoms with Crippen LogP contribution in [0.4, 0.5) is 0 Å². The van der Waals surface area contributed by atoms with Gasteiger partial charge in [-0.25, -0.2) is 4.98 Å². The Labute approximate surface area is 172 Å². The molecule has 1 aromatic carbocycles. The van der Waals surface area contributed by atoms with Gasteiger partial charge < -0.3 is 4.90 Å². The first-order chi connectivity index (χ1) is 13.9. The number of hydrogen-bond acceptors (Lipinski definition) is 3. The summed E-state index contributed by atoms with van der Waals surface area (Å²) in [6, 6.07) is 15.2. The second kappa shape index (κ2) is 9.03. The largest absolute Gasteiger partial charge is 0.338 e. The van der Waals surface area contributed by atoms with Crippen LogP contribution in [0.3, 0.4) is 0 Å². The number of fused-ring (bicyclic) bond motifs is 1. The molecular weight excluding hydrogens is 362 g/mol. The predicted molar refractivity (Wildman–Crippen MR) is 117 cm³/mol. The summed E-state index contributed by atoms with van der Waals surface area (Å²) in [5, 5.41) is 0.792. The van der Waals surface area contributed by atoms with Crippen LogP contribution in [0.15, 0.2) is 59.5 Å². The molecule has 5 heteroatoms. The van der Waals surface area contributed by atoms with E-state index in [0.717, 1.165) is 10.9 Å². The SMILES string of the molecule is CC(C)CN(CC(C)C)C(=O)c1cc2cccnc2n(Cc2ccccc2)c1=O. The van der Waals surface area contributed by atoms with E-state index in [2.05, 4.69) is 32.7 Å². The van der Waals surface area contributed by atoms with Crippen molar-refractivity contribution in [2.75, 3.05) is 13.1 Å². The van der Waals surface area contributed by atoms with E-state index in [1.54, 1.807) is 21.7 Å². The van der Waals surface area contributed by atoms with Gasteiger partial charge in [0.05, 0.1) is 6.54 Å². The minimum absolute atomic E-state index is 0.204. The number of amides is 1. The van der Waals surface area contributed by atoms with E-state index < -0.39 is 0 Å². The van der Waals surface area contributed by atoms with Crippen LogP contribution >= 0.6 is 0 Å². The van der Waals surface area contributed by atoms with Gasteiger partial charge in [0.25, 0.3) is 11.5 Å². The molecular formula is C24H29N3O2. The summed E-state index contributed by atoms with van der Waals surface area (Å²) < 4.78 is 1.61. The fourth-order valence-electron chi connectivity index (χ4n) is 3.56. The number of aromatic nitrogens is 2. The molecule has 2 aromatic heterocycles. The maximum Gasteiger partial charge on any atom is 0.265 e. The predicted octanol–water partition coefficient (Wildman–Crippen LogP) is 4.20. The second-order valence-electron chi connectivity index (χ2n) is 8.35. The zero-order chi connectivity index (χ0) is 21.0. The Morgan fingerprint density at radius 1 is 1.00 bits per heavy atom.